The molecule has 7 N–H and O–H groups in total. The molecule has 14 nitrogen and oxygen atoms in total. The Labute approximate surface area is 483 Å². The smallest absolute Gasteiger partial charge is 0.253 e. The highest BCUT2D eigenvalue weighted by atomic mass is 16.7. The van der Waals surface area contributed by atoms with Crippen LogP contribution in [-0.2, 0) is 20.5 Å². The van der Waals surface area contributed by atoms with Gasteiger partial charge in [0.25, 0.3) is 18.1 Å². The number of rotatable bonds is 24. The number of nitrogens with zero attached hydrogens (tertiary/aromatic N) is 2. The Balaban J connectivity index is 0.00000316. The lowest BCUT2D eigenvalue weighted by Gasteiger charge is -2.27. The quantitative estimate of drug-likeness (QED) is 0.0133. The number of hydrogen-bond acceptors (Lipinski definition) is 10. The Bertz CT molecular complexity index is 3350. The molecule has 2 atom stereocenters. The van der Waals surface area contributed by atoms with Crippen LogP contribution in [0.5, 0.6) is 5.75 Å². The SMILES string of the molecule is CCO.CNC(=O)c1cc(C(=O)NCCCCCCNC(=O)CCCCCN2\C(=C/C=C/C=C/C3=[N+](C)C(C)(C)c4c3ccc3ccccc43)C(C)(C)c3ccc4ccccc4c32)cc(-c2ccc(OC(OC(C)O)C(O)O)c(C)c2)c1. The van der Waals surface area contributed by atoms with E-state index in [1.165, 1.54) is 69.3 Å². The zero-order valence-electron chi connectivity index (χ0n) is 49.2. The van der Waals surface area contributed by atoms with Gasteiger partial charge >= 0.3 is 0 Å². The number of unbranched alkanes of at least 4 members (excludes halogenated alkanes) is 5. The van der Waals surface area contributed by atoms with Crippen molar-refractivity contribution in [1.82, 2.24) is 16.0 Å². The van der Waals surface area contributed by atoms with E-state index in [2.05, 4.69) is 163 Å². The van der Waals surface area contributed by atoms with Gasteiger partial charge in [0, 0.05) is 92.8 Å². The van der Waals surface area contributed by atoms with E-state index in [-0.39, 0.29) is 35.3 Å². The summed E-state index contributed by atoms with van der Waals surface area (Å²) in [6.45, 7) is 16.2. The number of nitrogens with one attached hydrogen (secondary N) is 3. The molecule has 0 aromatic heterocycles. The van der Waals surface area contributed by atoms with Crippen LogP contribution in [0.25, 0.3) is 32.7 Å². The van der Waals surface area contributed by atoms with E-state index in [1.54, 1.807) is 50.2 Å². The molecule has 0 saturated carbocycles. The van der Waals surface area contributed by atoms with Gasteiger partial charge in [0.05, 0.1) is 11.3 Å². The second-order valence-corrected chi connectivity index (χ2v) is 22.1. The number of carbonyl (C=O) groups excluding carboxylic acids is 3. The van der Waals surface area contributed by atoms with Crippen molar-refractivity contribution < 1.29 is 48.9 Å². The molecule has 82 heavy (non-hydrogen) atoms. The molecule has 0 saturated heterocycles. The maximum Gasteiger partial charge on any atom is 0.253 e. The molecule has 2 aliphatic rings. The fourth-order valence-electron chi connectivity index (χ4n) is 11.1. The van der Waals surface area contributed by atoms with Crippen LogP contribution in [0.1, 0.15) is 136 Å². The van der Waals surface area contributed by atoms with Crippen molar-refractivity contribution in [2.45, 2.75) is 130 Å². The van der Waals surface area contributed by atoms with Gasteiger partial charge in [-0.1, -0.05) is 124 Å². The fraction of sp³-hybridized carbons (Fsp3) is 0.382. The number of aliphatic hydroxyl groups excluding tert-OH is 3. The number of anilines is 1. The third-order valence-corrected chi connectivity index (χ3v) is 15.5. The van der Waals surface area contributed by atoms with Gasteiger partial charge in [-0.15, -0.1) is 0 Å². The fourth-order valence-corrected chi connectivity index (χ4v) is 11.1. The molecular formula is C68H84N5O9+. The minimum absolute atomic E-state index is 0.0716. The van der Waals surface area contributed by atoms with Gasteiger partial charge in [0.15, 0.2) is 11.8 Å². The number of fused-ring (bicyclic) bond motifs is 6. The molecule has 6 aromatic carbocycles. The molecule has 14 heteroatoms. The minimum Gasteiger partial charge on any atom is -0.459 e. The topological polar surface area (TPSA) is 193 Å². The molecule has 0 radical (unpaired) electrons. The van der Waals surface area contributed by atoms with Gasteiger partial charge in [-0.2, -0.15) is 0 Å². The van der Waals surface area contributed by atoms with Crippen molar-refractivity contribution in [1.29, 1.82) is 0 Å². The van der Waals surface area contributed by atoms with Crippen LogP contribution in [0, 0.1) is 6.92 Å². The molecule has 0 fully saturated rings. The molecule has 434 valence electrons. The van der Waals surface area contributed by atoms with Crippen LogP contribution in [0.4, 0.5) is 5.69 Å². The van der Waals surface area contributed by atoms with Crippen molar-refractivity contribution in [3.63, 3.8) is 0 Å². The summed E-state index contributed by atoms with van der Waals surface area (Å²) < 4.78 is 13.1. The maximum atomic E-state index is 13.4. The standard InChI is InChI=1S/C66H77N5O8.C2H6O/c1-43-39-47(32-35-56(43)79-64(63(76)77)78-44(2)72)48-40-49(61(74)67-7)42-50(41-48)62(75)69-37-21-10-9-20-36-68-58(73)29-15-12-22-38-71-57(65(3,4)54-34-31-46-24-17-19-26-52(46)60(54)71)28-14-11-13-27-55-53-33-30-45-23-16-18-25-51(45)59(53)66(5,6)70(55)8;1-2-3/h11,13-14,16-19,23-28,30-35,39-42,44,63-64,72,76-77H,9-10,12,15,20-22,29,36-38H2,1-8H3,(H2-,67,68,69,73,74,75);3H,2H2,1H3/p+1. The van der Waals surface area contributed by atoms with Crippen LogP contribution >= 0.6 is 0 Å². The monoisotopic (exact) mass is 1110 g/mol. The van der Waals surface area contributed by atoms with Crippen molar-refractivity contribution in [3.8, 4) is 16.9 Å². The van der Waals surface area contributed by atoms with E-state index in [9.17, 15) is 29.7 Å². The minimum atomic E-state index is -2.00. The second kappa shape index (κ2) is 28.5. The van der Waals surface area contributed by atoms with Gasteiger partial charge in [-0.25, -0.2) is 4.58 Å². The molecule has 8 rings (SSSR count). The van der Waals surface area contributed by atoms with E-state index >= 15 is 0 Å². The second-order valence-electron chi connectivity index (χ2n) is 22.1. The summed E-state index contributed by atoms with van der Waals surface area (Å²) >= 11 is 0. The number of amides is 3. The summed E-state index contributed by atoms with van der Waals surface area (Å²) in [5, 5.41) is 50.2. The van der Waals surface area contributed by atoms with Gasteiger partial charge in [0.1, 0.15) is 12.8 Å². The number of hydrogen-bond donors (Lipinski definition) is 7. The Hall–Kier alpha value is -7.46. The van der Waals surface area contributed by atoms with Gasteiger partial charge in [-0.05, 0) is 127 Å². The van der Waals surface area contributed by atoms with E-state index < -0.39 is 18.9 Å². The van der Waals surface area contributed by atoms with E-state index in [0.29, 0.717) is 53.1 Å². The largest absolute Gasteiger partial charge is 0.459 e. The number of aryl methyl sites for hydroxylation is 1. The lowest BCUT2D eigenvalue weighted by atomic mass is 9.83. The average molecular weight is 1120 g/mol. The summed E-state index contributed by atoms with van der Waals surface area (Å²) in [5.74, 6) is -0.282. The molecule has 2 aliphatic heterocycles. The molecule has 2 heterocycles. The predicted octanol–water partition coefficient (Wildman–Crippen LogP) is 10.8. The first kappa shape index (κ1) is 62.1. The molecule has 6 aromatic rings. The highest BCUT2D eigenvalue weighted by Crippen LogP contribution is 2.51. The normalized spacial score (nSPS) is 15.5. The summed E-state index contributed by atoms with van der Waals surface area (Å²) in [5.41, 5.74) is 9.99. The lowest BCUT2D eigenvalue weighted by Crippen LogP contribution is -2.37. The van der Waals surface area contributed by atoms with E-state index in [4.69, 9.17) is 14.6 Å². The highest BCUT2D eigenvalue weighted by molar-refractivity contribution is 6.11. The van der Waals surface area contributed by atoms with Crippen LogP contribution in [0.3, 0.4) is 0 Å². The number of ether oxygens (including phenoxy) is 2. The molecule has 0 bridgehead atoms. The summed E-state index contributed by atoms with van der Waals surface area (Å²) in [4.78, 5) is 41.6. The third kappa shape index (κ3) is 14.8. The number of carbonyl (C=O) groups is 3. The molecule has 3 amide bonds. The van der Waals surface area contributed by atoms with Crippen LogP contribution in [-0.4, -0.2) is 108 Å². The van der Waals surface area contributed by atoms with Crippen molar-refractivity contribution >= 4 is 50.7 Å². The zero-order valence-corrected chi connectivity index (χ0v) is 49.2. The average Bonchev–Trinajstić information content (AvgIpc) is 3.97. The van der Waals surface area contributed by atoms with E-state index in [0.717, 1.165) is 51.5 Å². The Morgan fingerprint density at radius 1 is 0.720 bits per heavy atom. The first-order chi connectivity index (χ1) is 39.3. The summed E-state index contributed by atoms with van der Waals surface area (Å²) in [6, 6.07) is 36.4. The van der Waals surface area contributed by atoms with Crippen LogP contribution in [0.15, 0.2) is 145 Å². The van der Waals surface area contributed by atoms with E-state index in [1.807, 2.05) is 0 Å². The molecule has 2 unspecified atom stereocenters. The van der Waals surface area contributed by atoms with Crippen LogP contribution < -0.4 is 25.6 Å². The first-order valence-corrected chi connectivity index (χ1v) is 28.8. The Kier molecular flexibility index (Phi) is 21.6. The molecular weight excluding hydrogens is 1030 g/mol. The van der Waals surface area contributed by atoms with Crippen molar-refractivity contribution in [2.24, 2.45) is 0 Å². The Morgan fingerprint density at radius 3 is 2.02 bits per heavy atom. The summed E-state index contributed by atoms with van der Waals surface area (Å²) in [7, 11) is 3.72. The lowest BCUT2D eigenvalue weighted by molar-refractivity contribution is -0.577. The highest BCUT2D eigenvalue weighted by Gasteiger charge is 2.44. The van der Waals surface area contributed by atoms with Gasteiger partial charge in [0.2, 0.25) is 17.9 Å². The van der Waals surface area contributed by atoms with Gasteiger partial charge in [-0.3, -0.25) is 14.4 Å². The van der Waals surface area contributed by atoms with Gasteiger partial charge < -0.3 is 50.8 Å². The number of benzene rings is 6. The van der Waals surface area contributed by atoms with Crippen molar-refractivity contribution in [3.05, 3.63) is 179 Å². The number of aliphatic hydroxyl groups is 4. The first-order valence-electron chi connectivity index (χ1n) is 28.8. The zero-order chi connectivity index (χ0) is 59.1. The van der Waals surface area contributed by atoms with Crippen LogP contribution in [0.2, 0.25) is 0 Å². The number of allylic oxidation sites excluding steroid dienone is 6. The Morgan fingerprint density at radius 2 is 1.35 bits per heavy atom. The molecule has 0 aliphatic carbocycles. The predicted molar refractivity (Wildman–Crippen MR) is 328 cm³/mol. The summed E-state index contributed by atoms with van der Waals surface area (Å²) in [6.07, 6.45) is 12.8. The molecule has 0 spiro atoms. The third-order valence-electron chi connectivity index (χ3n) is 15.5. The maximum absolute atomic E-state index is 13.4. The van der Waals surface area contributed by atoms with Crippen molar-refractivity contribution in [2.75, 3.05) is 45.2 Å².